The highest BCUT2D eigenvalue weighted by molar-refractivity contribution is 6.01. The van der Waals surface area contributed by atoms with E-state index in [0.29, 0.717) is 0 Å². The Morgan fingerprint density at radius 3 is 1.59 bits per heavy atom. The predicted octanol–water partition coefficient (Wildman–Crippen LogP) is 6.51. The van der Waals surface area contributed by atoms with E-state index in [1.54, 1.807) is 0 Å². The zero-order valence-electron chi connectivity index (χ0n) is 14.4. The van der Waals surface area contributed by atoms with Gasteiger partial charge in [-0.3, -0.25) is 4.79 Å². The first-order chi connectivity index (χ1) is 13.2. The van der Waals surface area contributed by atoms with Crippen molar-refractivity contribution in [2.24, 2.45) is 0 Å². The molecule has 0 aliphatic rings. The fourth-order valence-corrected chi connectivity index (χ4v) is 2.64. The number of carbonyl (C=O) groups is 1. The van der Waals surface area contributed by atoms with E-state index >= 15 is 0 Å². The first-order valence-electron chi connectivity index (χ1n) is 8.07. The molecule has 2 rings (SSSR count). The largest absolute Gasteiger partial charge is 0.460 e. The zero-order valence-corrected chi connectivity index (χ0v) is 14.4. The summed E-state index contributed by atoms with van der Waals surface area (Å²) >= 11 is 0. The molecule has 2 aromatic carbocycles. The van der Waals surface area contributed by atoms with Gasteiger partial charge in [0.25, 0.3) is 0 Å². The molecule has 0 amide bonds. The van der Waals surface area contributed by atoms with Gasteiger partial charge in [0.1, 0.15) is 0 Å². The lowest BCUT2D eigenvalue weighted by atomic mass is 9.83. The second kappa shape index (κ2) is 7.72. The van der Waals surface area contributed by atoms with Gasteiger partial charge in [0.15, 0.2) is 5.78 Å². The van der Waals surface area contributed by atoms with Gasteiger partial charge in [-0.05, 0) is 5.56 Å². The standard InChI is InChI=1S/C19H13F9O/c20-16(21,17(22,23)18(24,25)19(26,27)28)11-14(12-7-3-1-4-8-12)15(29)13-9-5-2-6-10-13/h1-10,14H,11H2. The summed E-state index contributed by atoms with van der Waals surface area (Å²) in [7, 11) is 0. The smallest absolute Gasteiger partial charge is 0.293 e. The Kier molecular flexibility index (Phi) is 6.06. The number of rotatable bonds is 7. The first-order valence-corrected chi connectivity index (χ1v) is 8.07. The molecule has 0 N–H and O–H groups in total. The second-order valence-electron chi connectivity index (χ2n) is 6.25. The van der Waals surface area contributed by atoms with Crippen molar-refractivity contribution in [1.29, 1.82) is 0 Å². The van der Waals surface area contributed by atoms with Gasteiger partial charge in [-0.1, -0.05) is 60.7 Å². The maximum absolute atomic E-state index is 14.2. The van der Waals surface area contributed by atoms with Gasteiger partial charge < -0.3 is 0 Å². The van der Waals surface area contributed by atoms with Crippen molar-refractivity contribution in [1.82, 2.24) is 0 Å². The summed E-state index contributed by atoms with van der Waals surface area (Å²) in [6.07, 6.45) is -9.16. The van der Waals surface area contributed by atoms with E-state index in [0.717, 1.165) is 12.1 Å². The minimum Gasteiger partial charge on any atom is -0.293 e. The molecule has 158 valence electrons. The lowest BCUT2D eigenvalue weighted by Crippen LogP contribution is -2.61. The van der Waals surface area contributed by atoms with Crippen LogP contribution in [0.5, 0.6) is 0 Å². The molecule has 10 heteroatoms. The molecule has 1 nitrogen and oxygen atoms in total. The summed E-state index contributed by atoms with van der Waals surface area (Å²) in [6, 6.07) is 12.7. The number of alkyl halides is 9. The number of hydrogen-bond acceptors (Lipinski definition) is 1. The summed E-state index contributed by atoms with van der Waals surface area (Å²) < 4.78 is 119. The van der Waals surface area contributed by atoms with Crippen molar-refractivity contribution in [3.05, 3.63) is 71.8 Å². The Bertz CT molecular complexity index is 830. The van der Waals surface area contributed by atoms with E-state index in [1.807, 2.05) is 0 Å². The van der Waals surface area contributed by atoms with Gasteiger partial charge in [-0.2, -0.15) is 39.5 Å². The Morgan fingerprint density at radius 1 is 0.690 bits per heavy atom. The Balaban J connectivity index is 2.49. The SMILES string of the molecule is O=C(c1ccccc1)C(CC(F)(F)C(F)(F)C(F)(F)C(F)(F)F)c1ccccc1. The molecule has 0 saturated heterocycles. The molecule has 0 spiro atoms. The van der Waals surface area contributed by atoms with Crippen LogP contribution in [0.2, 0.25) is 0 Å². The minimum atomic E-state index is -7.00. The van der Waals surface area contributed by atoms with Crippen LogP contribution in [0, 0.1) is 0 Å². The second-order valence-corrected chi connectivity index (χ2v) is 6.25. The summed E-state index contributed by atoms with van der Waals surface area (Å²) in [5.41, 5.74) is -0.421. The molecule has 2 aromatic rings. The maximum Gasteiger partial charge on any atom is 0.460 e. The molecule has 0 heterocycles. The molecule has 0 saturated carbocycles. The van der Waals surface area contributed by atoms with Gasteiger partial charge in [0.2, 0.25) is 0 Å². The summed E-state index contributed by atoms with van der Waals surface area (Å²) in [4.78, 5) is 12.6. The maximum atomic E-state index is 14.2. The fourth-order valence-electron chi connectivity index (χ4n) is 2.64. The van der Waals surface area contributed by atoms with Crippen LogP contribution in [-0.2, 0) is 0 Å². The first kappa shape index (κ1) is 22.8. The van der Waals surface area contributed by atoms with Gasteiger partial charge in [-0.25, -0.2) is 0 Å². The number of hydrogen-bond donors (Lipinski definition) is 0. The highest BCUT2D eigenvalue weighted by Gasteiger charge is 2.81. The van der Waals surface area contributed by atoms with Crippen LogP contribution in [0.4, 0.5) is 39.5 Å². The number of carbonyl (C=O) groups excluding carboxylic acids is 1. The van der Waals surface area contributed by atoms with Crippen molar-refractivity contribution in [3.8, 4) is 0 Å². The quantitative estimate of drug-likeness (QED) is 0.363. The third-order valence-electron chi connectivity index (χ3n) is 4.25. The highest BCUT2D eigenvalue weighted by atomic mass is 19.4. The van der Waals surface area contributed by atoms with Crippen LogP contribution in [0.15, 0.2) is 60.7 Å². The van der Waals surface area contributed by atoms with Gasteiger partial charge in [0.05, 0.1) is 5.92 Å². The molecule has 0 radical (unpaired) electrons. The molecule has 0 aliphatic heterocycles. The molecule has 1 unspecified atom stereocenters. The van der Waals surface area contributed by atoms with Crippen molar-refractivity contribution in [2.45, 2.75) is 36.3 Å². The fraction of sp³-hybridized carbons (Fsp3) is 0.316. The van der Waals surface area contributed by atoms with Crippen molar-refractivity contribution < 1.29 is 44.3 Å². The third kappa shape index (κ3) is 4.25. The lowest BCUT2D eigenvalue weighted by molar-refractivity contribution is -0.396. The summed E-state index contributed by atoms with van der Waals surface area (Å²) in [5.74, 6) is -22.8. The highest BCUT2D eigenvalue weighted by Crippen LogP contribution is 2.55. The van der Waals surface area contributed by atoms with E-state index in [9.17, 15) is 44.3 Å². The summed E-state index contributed by atoms with van der Waals surface area (Å²) in [5, 5.41) is 0. The van der Waals surface area contributed by atoms with E-state index in [2.05, 4.69) is 0 Å². The number of benzene rings is 2. The van der Waals surface area contributed by atoms with Crippen LogP contribution >= 0.6 is 0 Å². The van der Waals surface area contributed by atoms with Crippen LogP contribution in [-0.4, -0.2) is 29.7 Å². The lowest BCUT2D eigenvalue weighted by Gasteiger charge is -2.35. The van der Waals surface area contributed by atoms with E-state index in [4.69, 9.17) is 0 Å². The normalized spacial score (nSPS) is 14.5. The van der Waals surface area contributed by atoms with Crippen LogP contribution in [0.1, 0.15) is 28.3 Å². The molecule has 1 atom stereocenters. The van der Waals surface area contributed by atoms with Crippen LogP contribution in [0.3, 0.4) is 0 Å². The predicted molar refractivity (Wildman–Crippen MR) is 85.5 cm³/mol. The minimum absolute atomic E-state index is 0.192. The Labute approximate surface area is 159 Å². The third-order valence-corrected chi connectivity index (χ3v) is 4.25. The van der Waals surface area contributed by atoms with E-state index in [1.165, 1.54) is 48.5 Å². The van der Waals surface area contributed by atoms with Crippen molar-refractivity contribution in [2.75, 3.05) is 0 Å². The van der Waals surface area contributed by atoms with E-state index < -0.39 is 42.1 Å². The molecular formula is C19H13F9O. The average molecular weight is 428 g/mol. The Hall–Kier alpha value is -2.52. The van der Waals surface area contributed by atoms with Crippen LogP contribution in [0.25, 0.3) is 0 Å². The summed E-state index contributed by atoms with van der Waals surface area (Å²) in [6.45, 7) is 0. The average Bonchev–Trinajstić information content (AvgIpc) is 2.66. The van der Waals surface area contributed by atoms with Gasteiger partial charge >= 0.3 is 23.9 Å². The topological polar surface area (TPSA) is 17.1 Å². The van der Waals surface area contributed by atoms with Crippen molar-refractivity contribution in [3.63, 3.8) is 0 Å². The Morgan fingerprint density at radius 2 is 1.14 bits per heavy atom. The number of halogens is 9. The molecule has 0 fully saturated rings. The molecular weight excluding hydrogens is 415 g/mol. The van der Waals surface area contributed by atoms with Gasteiger partial charge in [0, 0.05) is 12.0 Å². The molecule has 0 bridgehead atoms. The molecule has 29 heavy (non-hydrogen) atoms. The van der Waals surface area contributed by atoms with Crippen LogP contribution < -0.4 is 0 Å². The van der Waals surface area contributed by atoms with Crippen molar-refractivity contribution >= 4 is 5.78 Å². The number of Topliss-reactive ketones (excluding diaryl/α,β-unsaturated/α-hetero) is 1. The monoisotopic (exact) mass is 428 g/mol. The van der Waals surface area contributed by atoms with Gasteiger partial charge in [-0.15, -0.1) is 0 Å². The zero-order chi connectivity index (χ0) is 22.1. The number of ketones is 1. The molecule has 0 aromatic heterocycles. The van der Waals surface area contributed by atoms with E-state index in [-0.39, 0.29) is 11.1 Å². The molecule has 0 aliphatic carbocycles.